The van der Waals surface area contributed by atoms with Gasteiger partial charge in [-0.15, -0.1) is 0 Å². The molecule has 0 aliphatic rings. The first-order valence-electron chi connectivity index (χ1n) is 17.5. The highest BCUT2D eigenvalue weighted by molar-refractivity contribution is 5.97. The second kappa shape index (κ2) is 26.4. The molecule has 0 aliphatic heterocycles. The van der Waals surface area contributed by atoms with Gasteiger partial charge < -0.3 is 41.4 Å². The zero-order valence-corrected chi connectivity index (χ0v) is 31.0. The third-order valence-corrected chi connectivity index (χ3v) is 7.39. The van der Waals surface area contributed by atoms with Gasteiger partial charge in [0.25, 0.3) is 0 Å². The molecule has 0 saturated heterocycles. The monoisotopic (exact) mass is 704 g/mol. The number of ether oxygens (including phenoxy) is 1. The Labute approximate surface area is 297 Å². The van der Waals surface area contributed by atoms with Crippen LogP contribution in [-0.4, -0.2) is 79.5 Å². The van der Waals surface area contributed by atoms with Crippen LogP contribution in [-0.2, 0) is 40.1 Å². The molecule has 14 heteroatoms. The smallest absolute Gasteiger partial charge is 0.312 e. The molecule has 0 bridgehead atoms. The van der Waals surface area contributed by atoms with E-state index in [0.717, 1.165) is 11.8 Å². The van der Waals surface area contributed by atoms with E-state index in [-0.39, 0.29) is 74.5 Å². The molecule has 0 radical (unpaired) electrons. The summed E-state index contributed by atoms with van der Waals surface area (Å²) in [4.78, 5) is 85.8. The fourth-order valence-corrected chi connectivity index (χ4v) is 4.50. The molecular weight excluding hydrogens is 644 g/mol. The highest BCUT2D eigenvalue weighted by atomic mass is 16.5. The Hall–Kier alpha value is -4.49. The largest absolute Gasteiger partial charge is 0.461 e. The molecule has 6 amide bonds. The topological polar surface area (TPSA) is 206 Å². The molecule has 50 heavy (non-hydrogen) atoms. The fourth-order valence-electron chi connectivity index (χ4n) is 4.50. The van der Waals surface area contributed by atoms with Crippen LogP contribution in [0.15, 0.2) is 24.3 Å². The Morgan fingerprint density at radius 2 is 1.54 bits per heavy atom. The number of unbranched alkanes of at least 4 members (excludes halogenated alkanes) is 2. The molecule has 2 atom stereocenters. The van der Waals surface area contributed by atoms with Crippen molar-refractivity contribution >= 4 is 47.6 Å². The number of carbonyl (C=O) groups is 7. The van der Waals surface area contributed by atoms with E-state index in [1.807, 2.05) is 13.8 Å². The van der Waals surface area contributed by atoms with Gasteiger partial charge >= 0.3 is 12.0 Å². The summed E-state index contributed by atoms with van der Waals surface area (Å²) in [5, 5.41) is 10.4. The molecule has 2 unspecified atom stereocenters. The number of benzene rings is 1. The zero-order chi connectivity index (χ0) is 38.1. The summed E-state index contributed by atoms with van der Waals surface area (Å²) < 4.78 is 5.21. The highest BCUT2D eigenvalue weighted by Gasteiger charge is 2.25. The number of urea groups is 1. The SMILES string of the molecule is CC(C)C(=O)OCc1ccc(NC(=O)C(CCCNC(N)=O)NC(=O)CNC(=O)CCCCCN(C)C(=O)C(CC=O)C(C)C)cc1.CCC. The van der Waals surface area contributed by atoms with Crippen molar-refractivity contribution in [3.63, 3.8) is 0 Å². The Morgan fingerprint density at radius 1 is 0.900 bits per heavy atom. The molecule has 282 valence electrons. The third-order valence-electron chi connectivity index (χ3n) is 7.39. The molecule has 0 aromatic heterocycles. The van der Waals surface area contributed by atoms with Gasteiger partial charge in [-0.1, -0.05) is 66.5 Å². The molecule has 1 rings (SSSR count). The molecule has 0 spiro atoms. The molecule has 1 aromatic carbocycles. The molecule has 6 N–H and O–H groups in total. The van der Waals surface area contributed by atoms with Gasteiger partial charge in [-0.05, 0) is 49.3 Å². The number of nitrogens with zero attached hydrogens (tertiary/aromatic N) is 1. The van der Waals surface area contributed by atoms with Crippen molar-refractivity contribution in [3.8, 4) is 0 Å². The van der Waals surface area contributed by atoms with Crippen LogP contribution in [0, 0.1) is 17.8 Å². The minimum Gasteiger partial charge on any atom is -0.461 e. The van der Waals surface area contributed by atoms with E-state index >= 15 is 0 Å². The van der Waals surface area contributed by atoms with Crippen molar-refractivity contribution in [3.05, 3.63) is 29.8 Å². The molecule has 1 aromatic rings. The van der Waals surface area contributed by atoms with Crippen molar-refractivity contribution in [2.24, 2.45) is 23.5 Å². The van der Waals surface area contributed by atoms with Crippen LogP contribution in [0.1, 0.15) is 98.5 Å². The number of hydrogen-bond donors (Lipinski definition) is 5. The number of primary amides is 1. The van der Waals surface area contributed by atoms with Crippen LogP contribution in [0.3, 0.4) is 0 Å². The minimum absolute atomic E-state index is 0.0619. The van der Waals surface area contributed by atoms with Crippen LogP contribution >= 0.6 is 0 Å². The molecule has 0 heterocycles. The standard InChI is InChI=1S/C33H52N6O8.C3H8/c1-22(2)26(16-19-40)31(44)39(5)18-8-6-7-11-28(41)36-20-29(42)38-27(10-9-17-35-33(34)46)30(43)37-25-14-12-24(13-15-25)21-47-32(45)23(3)4;1-3-2/h12-15,19,22-23,26-27H,6-11,16-18,20-21H2,1-5H3,(H,36,41)(H,37,43)(H,38,42)(H3,34,35,46);3H2,1-2H3. The van der Waals surface area contributed by atoms with Gasteiger partial charge in [0.1, 0.15) is 18.9 Å². The number of rotatable bonds is 22. The summed E-state index contributed by atoms with van der Waals surface area (Å²) in [7, 11) is 1.71. The van der Waals surface area contributed by atoms with Crippen molar-refractivity contribution in [1.29, 1.82) is 0 Å². The number of esters is 1. The van der Waals surface area contributed by atoms with Gasteiger partial charge in [0.05, 0.1) is 12.5 Å². The lowest BCUT2D eigenvalue weighted by Crippen LogP contribution is -2.47. The van der Waals surface area contributed by atoms with E-state index in [4.69, 9.17) is 10.5 Å². The van der Waals surface area contributed by atoms with Crippen LogP contribution in [0.25, 0.3) is 0 Å². The lowest BCUT2D eigenvalue weighted by atomic mass is 9.91. The molecular formula is C36H60N6O8. The maximum Gasteiger partial charge on any atom is 0.312 e. The van der Waals surface area contributed by atoms with Crippen LogP contribution < -0.4 is 27.0 Å². The number of amides is 6. The predicted octanol–water partition coefficient (Wildman–Crippen LogP) is 3.67. The van der Waals surface area contributed by atoms with E-state index in [1.165, 1.54) is 6.42 Å². The zero-order valence-electron chi connectivity index (χ0n) is 31.0. The van der Waals surface area contributed by atoms with Crippen LogP contribution in [0.4, 0.5) is 10.5 Å². The van der Waals surface area contributed by atoms with E-state index in [2.05, 4.69) is 35.1 Å². The molecule has 0 aliphatic carbocycles. The Bertz CT molecular complexity index is 1210. The second-order valence-electron chi connectivity index (χ2n) is 12.8. The maximum atomic E-state index is 13.1. The lowest BCUT2D eigenvalue weighted by Gasteiger charge is -2.25. The quantitative estimate of drug-likeness (QED) is 0.0682. The molecule has 14 nitrogen and oxygen atoms in total. The van der Waals surface area contributed by atoms with Gasteiger partial charge in [-0.25, -0.2) is 4.79 Å². The number of aldehydes is 1. The summed E-state index contributed by atoms with van der Waals surface area (Å²) in [6.07, 6.45) is 4.91. The first-order valence-corrected chi connectivity index (χ1v) is 17.5. The summed E-state index contributed by atoms with van der Waals surface area (Å²) in [5.41, 5.74) is 6.30. The van der Waals surface area contributed by atoms with E-state index in [0.29, 0.717) is 37.9 Å². The van der Waals surface area contributed by atoms with Crippen molar-refractivity contribution in [2.45, 2.75) is 106 Å². The van der Waals surface area contributed by atoms with E-state index < -0.39 is 23.9 Å². The molecule has 0 saturated carbocycles. The summed E-state index contributed by atoms with van der Waals surface area (Å²) in [6, 6.07) is 5.05. The molecule has 0 fully saturated rings. The summed E-state index contributed by atoms with van der Waals surface area (Å²) >= 11 is 0. The first-order chi connectivity index (χ1) is 23.7. The third kappa shape index (κ3) is 20.8. The number of nitrogens with two attached hydrogens (primary N) is 1. The van der Waals surface area contributed by atoms with Gasteiger partial charge in [-0.3, -0.25) is 24.0 Å². The van der Waals surface area contributed by atoms with Gasteiger partial charge in [0.2, 0.25) is 23.6 Å². The minimum atomic E-state index is -0.956. The van der Waals surface area contributed by atoms with E-state index in [9.17, 15) is 33.6 Å². The number of nitrogens with one attached hydrogen (secondary N) is 4. The van der Waals surface area contributed by atoms with Crippen molar-refractivity contribution in [1.82, 2.24) is 20.9 Å². The van der Waals surface area contributed by atoms with Crippen molar-refractivity contribution in [2.75, 3.05) is 32.0 Å². The second-order valence-corrected chi connectivity index (χ2v) is 12.8. The Kier molecular flexibility index (Phi) is 24.0. The number of anilines is 1. The lowest BCUT2D eigenvalue weighted by molar-refractivity contribution is -0.148. The number of hydrogen-bond acceptors (Lipinski definition) is 8. The van der Waals surface area contributed by atoms with Gasteiger partial charge in [0, 0.05) is 44.6 Å². The fraction of sp³-hybridized carbons (Fsp3) is 0.639. The van der Waals surface area contributed by atoms with Crippen LogP contribution in [0.5, 0.6) is 0 Å². The normalized spacial score (nSPS) is 11.7. The van der Waals surface area contributed by atoms with Crippen LogP contribution in [0.2, 0.25) is 0 Å². The maximum absolute atomic E-state index is 13.1. The number of carbonyl (C=O) groups excluding carboxylic acids is 7. The van der Waals surface area contributed by atoms with Gasteiger partial charge in [0.15, 0.2) is 0 Å². The average molecular weight is 705 g/mol. The average Bonchev–Trinajstić information content (AvgIpc) is 3.06. The van der Waals surface area contributed by atoms with E-state index in [1.54, 1.807) is 50.1 Å². The Morgan fingerprint density at radius 3 is 2.10 bits per heavy atom. The predicted molar refractivity (Wildman–Crippen MR) is 193 cm³/mol. The Balaban J connectivity index is 0.00000770. The van der Waals surface area contributed by atoms with Gasteiger partial charge in [-0.2, -0.15) is 0 Å². The first kappa shape index (κ1) is 45.5. The highest BCUT2D eigenvalue weighted by Crippen LogP contribution is 2.17. The van der Waals surface area contributed by atoms with Crippen molar-refractivity contribution < 1.29 is 38.3 Å². The summed E-state index contributed by atoms with van der Waals surface area (Å²) in [6.45, 7) is 12.1. The summed E-state index contributed by atoms with van der Waals surface area (Å²) in [5.74, 6) is -2.26.